The fourth-order valence-corrected chi connectivity index (χ4v) is 2.66. The molecule has 1 atom stereocenters. The molecule has 4 nitrogen and oxygen atoms in total. The topological polar surface area (TPSA) is 68.9 Å². The fraction of sp³-hybridized carbons (Fsp3) is 0.118. The van der Waals surface area contributed by atoms with Crippen molar-refractivity contribution < 1.29 is 18.0 Å². The van der Waals surface area contributed by atoms with Gasteiger partial charge in [0.1, 0.15) is 5.92 Å². The summed E-state index contributed by atoms with van der Waals surface area (Å²) >= 11 is 5.80. The highest BCUT2D eigenvalue weighted by atomic mass is 35.5. The standard InChI is InChI=1S/C17H11ClF3N3O/c18-10-7-5-9(6-8-10)13(16(22)25)14-15(17(19,20)21)24-12-4-2-1-3-11(12)23-14/h1-8,13H,(H2,22,25)/t13-/m1/s1. The lowest BCUT2D eigenvalue weighted by Crippen LogP contribution is -2.27. The minimum Gasteiger partial charge on any atom is -0.369 e. The molecule has 2 aromatic carbocycles. The van der Waals surface area contributed by atoms with Crippen molar-refractivity contribution in [3.05, 3.63) is 70.5 Å². The number of aromatic nitrogens is 2. The Kier molecular flexibility index (Phi) is 4.34. The Bertz CT molecular complexity index is 942. The van der Waals surface area contributed by atoms with Crippen molar-refractivity contribution in [3.8, 4) is 0 Å². The number of nitrogens with zero attached hydrogens (tertiary/aromatic N) is 2. The summed E-state index contributed by atoms with van der Waals surface area (Å²) in [7, 11) is 0. The van der Waals surface area contributed by atoms with Crippen LogP contribution in [0.3, 0.4) is 0 Å². The van der Waals surface area contributed by atoms with E-state index in [1.807, 2.05) is 0 Å². The van der Waals surface area contributed by atoms with E-state index in [2.05, 4.69) is 9.97 Å². The SMILES string of the molecule is NC(=O)[C@H](c1ccc(Cl)cc1)c1nc2ccccc2nc1C(F)(F)F. The Labute approximate surface area is 145 Å². The van der Waals surface area contributed by atoms with Crippen LogP contribution in [0.15, 0.2) is 48.5 Å². The number of rotatable bonds is 3. The van der Waals surface area contributed by atoms with Gasteiger partial charge in [-0.15, -0.1) is 0 Å². The van der Waals surface area contributed by atoms with Crippen LogP contribution in [0.4, 0.5) is 13.2 Å². The highest BCUT2D eigenvalue weighted by Crippen LogP contribution is 2.36. The Balaban J connectivity index is 2.29. The van der Waals surface area contributed by atoms with Crippen molar-refractivity contribution in [1.29, 1.82) is 0 Å². The molecular weight excluding hydrogens is 355 g/mol. The first-order valence-corrected chi connectivity index (χ1v) is 7.54. The van der Waals surface area contributed by atoms with E-state index in [0.29, 0.717) is 5.02 Å². The molecule has 3 rings (SSSR count). The molecule has 1 heterocycles. The number of nitrogens with two attached hydrogens (primary N) is 1. The molecule has 1 aromatic heterocycles. The lowest BCUT2D eigenvalue weighted by molar-refractivity contribution is -0.142. The minimum absolute atomic E-state index is 0.0814. The molecule has 1 amide bonds. The molecule has 25 heavy (non-hydrogen) atoms. The van der Waals surface area contributed by atoms with Gasteiger partial charge in [0.2, 0.25) is 5.91 Å². The van der Waals surface area contributed by atoms with Crippen molar-refractivity contribution in [1.82, 2.24) is 9.97 Å². The van der Waals surface area contributed by atoms with Gasteiger partial charge in [-0.05, 0) is 29.8 Å². The average Bonchev–Trinajstić information content (AvgIpc) is 2.55. The molecule has 0 radical (unpaired) electrons. The van der Waals surface area contributed by atoms with E-state index in [4.69, 9.17) is 17.3 Å². The average molecular weight is 366 g/mol. The summed E-state index contributed by atoms with van der Waals surface area (Å²) in [6, 6.07) is 11.9. The van der Waals surface area contributed by atoms with E-state index in [1.165, 1.54) is 36.4 Å². The lowest BCUT2D eigenvalue weighted by Gasteiger charge is -2.18. The Morgan fingerprint density at radius 3 is 2.08 bits per heavy atom. The zero-order valence-corrected chi connectivity index (χ0v) is 13.3. The lowest BCUT2D eigenvalue weighted by atomic mass is 9.93. The molecule has 2 N–H and O–H groups in total. The molecule has 0 saturated heterocycles. The van der Waals surface area contributed by atoms with Crippen molar-refractivity contribution in [2.45, 2.75) is 12.1 Å². The summed E-state index contributed by atoms with van der Waals surface area (Å²) in [6.45, 7) is 0. The number of hydrogen-bond donors (Lipinski definition) is 1. The monoisotopic (exact) mass is 365 g/mol. The summed E-state index contributed by atoms with van der Waals surface area (Å²) in [5.41, 5.74) is 4.21. The van der Waals surface area contributed by atoms with E-state index < -0.39 is 29.4 Å². The van der Waals surface area contributed by atoms with Crippen LogP contribution in [0.5, 0.6) is 0 Å². The van der Waals surface area contributed by atoms with E-state index in [1.54, 1.807) is 12.1 Å². The third-order valence-electron chi connectivity index (χ3n) is 3.63. The van der Waals surface area contributed by atoms with Gasteiger partial charge in [-0.1, -0.05) is 35.9 Å². The van der Waals surface area contributed by atoms with Crippen LogP contribution in [-0.2, 0) is 11.0 Å². The maximum atomic E-state index is 13.5. The van der Waals surface area contributed by atoms with Gasteiger partial charge in [0, 0.05) is 5.02 Å². The molecule has 0 unspecified atom stereocenters. The molecule has 8 heteroatoms. The predicted molar refractivity (Wildman–Crippen MR) is 87.0 cm³/mol. The number of primary amides is 1. The first kappa shape index (κ1) is 17.2. The normalized spacial score (nSPS) is 13.0. The molecule has 0 fully saturated rings. The third kappa shape index (κ3) is 3.41. The van der Waals surface area contributed by atoms with Gasteiger partial charge in [0.15, 0.2) is 5.69 Å². The summed E-state index contributed by atoms with van der Waals surface area (Å²) < 4.78 is 40.5. The van der Waals surface area contributed by atoms with Gasteiger partial charge in [-0.2, -0.15) is 13.2 Å². The van der Waals surface area contributed by atoms with Crippen molar-refractivity contribution in [2.24, 2.45) is 5.73 Å². The quantitative estimate of drug-likeness (QED) is 0.764. The maximum Gasteiger partial charge on any atom is 0.435 e. The summed E-state index contributed by atoms with van der Waals surface area (Å²) in [6.07, 6.45) is -4.79. The Morgan fingerprint density at radius 1 is 1.00 bits per heavy atom. The molecular formula is C17H11ClF3N3O. The van der Waals surface area contributed by atoms with Gasteiger partial charge in [0.25, 0.3) is 0 Å². The smallest absolute Gasteiger partial charge is 0.369 e. The number of amides is 1. The maximum absolute atomic E-state index is 13.5. The number of benzene rings is 2. The van der Waals surface area contributed by atoms with E-state index in [9.17, 15) is 18.0 Å². The molecule has 0 spiro atoms. The molecule has 128 valence electrons. The first-order chi connectivity index (χ1) is 11.8. The van der Waals surface area contributed by atoms with E-state index in [0.717, 1.165) is 0 Å². The van der Waals surface area contributed by atoms with Crippen LogP contribution in [0.2, 0.25) is 5.02 Å². The highest BCUT2D eigenvalue weighted by Gasteiger charge is 2.40. The molecule has 3 aromatic rings. The van der Waals surface area contributed by atoms with Crippen LogP contribution in [0.25, 0.3) is 11.0 Å². The number of hydrogen-bond acceptors (Lipinski definition) is 3. The fourth-order valence-electron chi connectivity index (χ4n) is 2.54. The van der Waals surface area contributed by atoms with Crippen LogP contribution in [0, 0.1) is 0 Å². The van der Waals surface area contributed by atoms with Gasteiger partial charge in [-0.25, -0.2) is 9.97 Å². The zero-order valence-electron chi connectivity index (χ0n) is 12.6. The van der Waals surface area contributed by atoms with Gasteiger partial charge in [-0.3, -0.25) is 4.79 Å². The first-order valence-electron chi connectivity index (χ1n) is 7.16. The second-order valence-electron chi connectivity index (χ2n) is 5.33. The second kappa shape index (κ2) is 6.33. The molecule has 0 bridgehead atoms. The number of carbonyl (C=O) groups excluding carboxylic acids is 1. The Hall–Kier alpha value is -2.67. The molecule has 0 aliphatic heterocycles. The van der Waals surface area contributed by atoms with Crippen LogP contribution < -0.4 is 5.73 Å². The molecule has 0 aliphatic rings. The van der Waals surface area contributed by atoms with Crippen molar-refractivity contribution in [3.63, 3.8) is 0 Å². The Morgan fingerprint density at radius 2 is 1.56 bits per heavy atom. The summed E-state index contributed by atoms with van der Waals surface area (Å²) in [5.74, 6) is -2.36. The summed E-state index contributed by atoms with van der Waals surface area (Å²) in [5, 5.41) is 0.382. The molecule has 0 saturated carbocycles. The van der Waals surface area contributed by atoms with Gasteiger partial charge in [0.05, 0.1) is 16.7 Å². The zero-order chi connectivity index (χ0) is 18.2. The van der Waals surface area contributed by atoms with Crippen LogP contribution in [0.1, 0.15) is 22.9 Å². The second-order valence-corrected chi connectivity index (χ2v) is 5.77. The molecule has 0 aliphatic carbocycles. The number of para-hydroxylation sites is 2. The van der Waals surface area contributed by atoms with Gasteiger partial charge >= 0.3 is 6.18 Å². The number of carbonyl (C=O) groups is 1. The highest BCUT2D eigenvalue weighted by molar-refractivity contribution is 6.30. The van der Waals surface area contributed by atoms with E-state index >= 15 is 0 Å². The van der Waals surface area contributed by atoms with E-state index in [-0.39, 0.29) is 16.6 Å². The van der Waals surface area contributed by atoms with Crippen molar-refractivity contribution >= 4 is 28.5 Å². The predicted octanol–water partition coefficient (Wildman–Crippen LogP) is 3.92. The minimum atomic E-state index is -4.79. The third-order valence-corrected chi connectivity index (χ3v) is 3.88. The van der Waals surface area contributed by atoms with Crippen LogP contribution >= 0.6 is 11.6 Å². The largest absolute Gasteiger partial charge is 0.435 e. The van der Waals surface area contributed by atoms with Crippen LogP contribution in [-0.4, -0.2) is 15.9 Å². The number of alkyl halides is 3. The summed E-state index contributed by atoms with van der Waals surface area (Å²) in [4.78, 5) is 19.7. The number of fused-ring (bicyclic) bond motifs is 1. The van der Waals surface area contributed by atoms with Crippen molar-refractivity contribution in [2.75, 3.05) is 0 Å². The van der Waals surface area contributed by atoms with Gasteiger partial charge < -0.3 is 5.73 Å². The number of halogens is 4.